The topological polar surface area (TPSA) is 66.5 Å². The second-order valence-electron chi connectivity index (χ2n) is 2.31. The SMILES string of the molecule is O=C1NCCN1S(=O)(=O)CCCl. The molecular formula is C5H9ClN2O3S. The lowest BCUT2D eigenvalue weighted by Gasteiger charge is -2.12. The van der Waals surface area contributed by atoms with E-state index in [9.17, 15) is 13.2 Å². The van der Waals surface area contributed by atoms with Gasteiger partial charge in [0.2, 0.25) is 10.0 Å². The summed E-state index contributed by atoms with van der Waals surface area (Å²) in [5, 5.41) is 2.40. The molecule has 0 unspecified atom stereocenters. The van der Waals surface area contributed by atoms with Gasteiger partial charge in [0.1, 0.15) is 0 Å². The first-order valence-electron chi connectivity index (χ1n) is 3.42. The van der Waals surface area contributed by atoms with Gasteiger partial charge in [0, 0.05) is 12.4 Å². The van der Waals surface area contributed by atoms with E-state index >= 15 is 0 Å². The Balaban J connectivity index is 2.74. The minimum Gasteiger partial charge on any atom is -0.335 e. The van der Waals surface area contributed by atoms with Crippen LogP contribution in [0.1, 0.15) is 0 Å². The maximum Gasteiger partial charge on any atom is 0.331 e. The fourth-order valence-corrected chi connectivity index (χ4v) is 2.61. The first-order chi connectivity index (χ1) is 5.58. The van der Waals surface area contributed by atoms with Crippen molar-refractivity contribution >= 4 is 27.7 Å². The van der Waals surface area contributed by atoms with Crippen LogP contribution in [0.5, 0.6) is 0 Å². The second kappa shape index (κ2) is 3.49. The van der Waals surface area contributed by atoms with E-state index in [1.165, 1.54) is 0 Å². The van der Waals surface area contributed by atoms with Crippen LogP contribution in [0.25, 0.3) is 0 Å². The molecule has 0 aromatic heterocycles. The van der Waals surface area contributed by atoms with Crippen molar-refractivity contribution in [2.75, 3.05) is 24.7 Å². The number of carbonyl (C=O) groups excluding carboxylic acids is 1. The Morgan fingerprint density at radius 3 is 2.67 bits per heavy atom. The minimum absolute atomic E-state index is 0.00606. The number of hydrogen-bond donors (Lipinski definition) is 1. The molecule has 70 valence electrons. The van der Waals surface area contributed by atoms with Crippen LogP contribution >= 0.6 is 11.6 Å². The van der Waals surface area contributed by atoms with Gasteiger partial charge < -0.3 is 5.32 Å². The molecule has 1 fully saturated rings. The first kappa shape index (κ1) is 9.60. The summed E-state index contributed by atoms with van der Waals surface area (Å²) in [6.07, 6.45) is 0. The second-order valence-corrected chi connectivity index (χ2v) is 4.70. The number of carbonyl (C=O) groups is 1. The van der Waals surface area contributed by atoms with Gasteiger partial charge in [0.25, 0.3) is 0 Å². The molecule has 1 aliphatic rings. The third kappa shape index (κ3) is 1.81. The summed E-state index contributed by atoms with van der Waals surface area (Å²) in [5.41, 5.74) is 0. The van der Waals surface area contributed by atoms with Gasteiger partial charge in [-0.05, 0) is 0 Å². The molecule has 0 spiro atoms. The summed E-state index contributed by atoms with van der Waals surface area (Å²) in [7, 11) is -3.47. The Bertz CT molecular complexity index is 276. The van der Waals surface area contributed by atoms with Crippen LogP contribution in [-0.2, 0) is 10.0 Å². The Morgan fingerprint density at radius 2 is 2.25 bits per heavy atom. The summed E-state index contributed by atoms with van der Waals surface area (Å²) in [5.74, 6) is -0.186. The van der Waals surface area contributed by atoms with E-state index in [4.69, 9.17) is 11.6 Å². The smallest absolute Gasteiger partial charge is 0.331 e. The van der Waals surface area contributed by atoms with Crippen molar-refractivity contribution in [1.82, 2.24) is 9.62 Å². The maximum absolute atomic E-state index is 11.2. The number of sulfonamides is 1. The lowest BCUT2D eigenvalue weighted by atomic mass is 10.7. The van der Waals surface area contributed by atoms with Crippen molar-refractivity contribution in [3.05, 3.63) is 0 Å². The quantitative estimate of drug-likeness (QED) is 0.647. The number of nitrogens with one attached hydrogen (secondary N) is 1. The van der Waals surface area contributed by atoms with Gasteiger partial charge in [0.05, 0.1) is 12.3 Å². The van der Waals surface area contributed by atoms with Crippen molar-refractivity contribution < 1.29 is 13.2 Å². The van der Waals surface area contributed by atoms with E-state index in [-0.39, 0.29) is 18.2 Å². The molecule has 1 aliphatic heterocycles. The zero-order chi connectivity index (χ0) is 9.19. The molecule has 0 aliphatic carbocycles. The zero-order valence-electron chi connectivity index (χ0n) is 6.29. The van der Waals surface area contributed by atoms with Crippen molar-refractivity contribution in [2.24, 2.45) is 0 Å². The summed E-state index contributed by atoms with van der Waals surface area (Å²) in [4.78, 5) is 10.9. The molecule has 0 radical (unpaired) electrons. The standard InChI is InChI=1S/C5H9ClN2O3S/c6-1-4-12(10,11)8-3-2-7-5(8)9/h1-4H2,(H,7,9). The fourth-order valence-electron chi connectivity index (χ4n) is 0.927. The highest BCUT2D eigenvalue weighted by Gasteiger charge is 2.30. The van der Waals surface area contributed by atoms with Crippen LogP contribution in [-0.4, -0.2) is 43.5 Å². The number of amides is 2. The molecule has 1 heterocycles. The molecule has 5 nitrogen and oxygen atoms in total. The van der Waals surface area contributed by atoms with Gasteiger partial charge in [0.15, 0.2) is 0 Å². The molecule has 1 saturated heterocycles. The molecule has 2 amide bonds. The van der Waals surface area contributed by atoms with Crippen LogP contribution in [0.2, 0.25) is 0 Å². The van der Waals surface area contributed by atoms with E-state index in [2.05, 4.69) is 5.32 Å². The highest BCUT2D eigenvalue weighted by atomic mass is 35.5. The molecule has 0 saturated carbocycles. The number of urea groups is 1. The van der Waals surface area contributed by atoms with Crippen LogP contribution in [0.15, 0.2) is 0 Å². The third-order valence-electron chi connectivity index (χ3n) is 1.49. The van der Waals surface area contributed by atoms with Crippen LogP contribution in [0.4, 0.5) is 4.79 Å². The number of nitrogens with zero attached hydrogens (tertiary/aromatic N) is 1. The highest BCUT2D eigenvalue weighted by Crippen LogP contribution is 2.06. The van der Waals surface area contributed by atoms with Crippen LogP contribution in [0, 0.1) is 0 Å². The monoisotopic (exact) mass is 212 g/mol. The predicted octanol–water partition coefficient (Wildman–Crippen LogP) is -0.420. The average Bonchev–Trinajstić information content (AvgIpc) is 2.35. The van der Waals surface area contributed by atoms with E-state index in [1.807, 2.05) is 0 Å². The van der Waals surface area contributed by atoms with E-state index in [1.54, 1.807) is 0 Å². The van der Waals surface area contributed by atoms with Gasteiger partial charge >= 0.3 is 6.03 Å². The molecule has 1 rings (SSSR count). The van der Waals surface area contributed by atoms with E-state index in [0.29, 0.717) is 6.54 Å². The first-order valence-corrected chi connectivity index (χ1v) is 5.56. The van der Waals surface area contributed by atoms with Gasteiger partial charge in [-0.2, -0.15) is 0 Å². The summed E-state index contributed by atoms with van der Waals surface area (Å²) in [6.45, 7) is 0.582. The van der Waals surface area contributed by atoms with Gasteiger partial charge in [-0.3, -0.25) is 0 Å². The van der Waals surface area contributed by atoms with Crippen LogP contribution < -0.4 is 5.32 Å². The molecule has 1 N–H and O–H groups in total. The van der Waals surface area contributed by atoms with Crippen molar-refractivity contribution in [3.8, 4) is 0 Å². The lowest BCUT2D eigenvalue weighted by molar-refractivity contribution is 0.236. The Morgan fingerprint density at radius 1 is 1.58 bits per heavy atom. The zero-order valence-corrected chi connectivity index (χ0v) is 7.86. The molecule has 0 aromatic rings. The van der Waals surface area contributed by atoms with Crippen molar-refractivity contribution in [1.29, 1.82) is 0 Å². The van der Waals surface area contributed by atoms with Gasteiger partial charge in [-0.15, -0.1) is 11.6 Å². The molecule has 0 bridgehead atoms. The minimum atomic E-state index is -3.47. The van der Waals surface area contributed by atoms with E-state index in [0.717, 1.165) is 4.31 Å². The molecule has 7 heteroatoms. The molecule has 0 atom stereocenters. The summed E-state index contributed by atoms with van der Waals surface area (Å²) in [6, 6.07) is -0.555. The van der Waals surface area contributed by atoms with Crippen molar-refractivity contribution in [2.45, 2.75) is 0 Å². The Labute approximate surface area is 75.7 Å². The van der Waals surface area contributed by atoms with Gasteiger partial charge in [-0.25, -0.2) is 17.5 Å². The van der Waals surface area contributed by atoms with E-state index < -0.39 is 16.1 Å². The third-order valence-corrected chi connectivity index (χ3v) is 3.64. The fraction of sp³-hybridized carbons (Fsp3) is 0.800. The maximum atomic E-state index is 11.2. The summed E-state index contributed by atoms with van der Waals surface area (Å²) < 4.78 is 23.3. The largest absolute Gasteiger partial charge is 0.335 e. The lowest BCUT2D eigenvalue weighted by Crippen LogP contribution is -2.36. The number of hydrogen-bond acceptors (Lipinski definition) is 3. The number of rotatable bonds is 3. The number of alkyl halides is 1. The normalized spacial score (nSPS) is 18.1. The van der Waals surface area contributed by atoms with Crippen molar-refractivity contribution in [3.63, 3.8) is 0 Å². The van der Waals surface area contributed by atoms with Crippen LogP contribution in [0.3, 0.4) is 0 Å². The molecular weight excluding hydrogens is 204 g/mol. The predicted molar refractivity (Wildman–Crippen MR) is 44.6 cm³/mol. The Hall–Kier alpha value is -0.490. The molecule has 0 aromatic carbocycles. The van der Waals surface area contributed by atoms with Gasteiger partial charge in [-0.1, -0.05) is 0 Å². The summed E-state index contributed by atoms with van der Waals surface area (Å²) >= 11 is 5.27. The molecule has 12 heavy (non-hydrogen) atoms. The number of halogens is 1. The average molecular weight is 213 g/mol. The Kier molecular flexibility index (Phi) is 2.79. The highest BCUT2D eigenvalue weighted by molar-refractivity contribution is 7.89.